The Morgan fingerprint density at radius 3 is 2.37 bits per heavy atom. The molecular weight excluding hydrogens is 352 g/mol. The topological polar surface area (TPSA) is 42.5 Å². The van der Waals surface area contributed by atoms with E-state index in [1.807, 2.05) is 59.3 Å². The zero-order chi connectivity index (χ0) is 18.3. The van der Waals surface area contributed by atoms with E-state index < -0.39 is 0 Å². The molecule has 5 heteroatoms. The highest BCUT2D eigenvalue weighted by Crippen LogP contribution is 2.19. The molecule has 0 aliphatic carbocycles. The summed E-state index contributed by atoms with van der Waals surface area (Å²) in [6, 6.07) is 26.2. The average Bonchev–Trinajstić information content (AvgIpc) is 3.15. The summed E-state index contributed by atoms with van der Waals surface area (Å²) >= 11 is 1.59. The predicted octanol–water partition coefficient (Wildman–Crippen LogP) is 4.59. The molecule has 0 saturated carbocycles. The number of nitrogens with zero attached hydrogens (tertiary/aromatic N) is 4. The van der Waals surface area contributed by atoms with Crippen LogP contribution in [0.3, 0.4) is 0 Å². The summed E-state index contributed by atoms with van der Waals surface area (Å²) in [4.78, 5) is 9.95. The molecular formula is C22H18N4S. The minimum absolute atomic E-state index is 0.620. The minimum atomic E-state index is 0.620. The summed E-state index contributed by atoms with van der Waals surface area (Å²) in [5, 5.41) is 6.76. The van der Waals surface area contributed by atoms with E-state index in [0.29, 0.717) is 6.54 Å². The quantitative estimate of drug-likeness (QED) is 0.474. The Kier molecular flexibility index (Phi) is 5.31. The zero-order valence-corrected chi connectivity index (χ0v) is 15.5. The van der Waals surface area contributed by atoms with Crippen molar-refractivity contribution in [1.29, 1.82) is 0 Å². The lowest BCUT2D eigenvalue weighted by Gasteiger charge is -2.03. The van der Waals surface area contributed by atoms with Crippen molar-refractivity contribution in [3.05, 3.63) is 106 Å². The van der Waals surface area contributed by atoms with Crippen LogP contribution in [0.1, 0.15) is 11.3 Å². The zero-order valence-electron chi connectivity index (χ0n) is 14.6. The van der Waals surface area contributed by atoms with Crippen molar-refractivity contribution >= 4 is 17.6 Å². The normalized spacial score (nSPS) is 11.9. The lowest BCUT2D eigenvalue weighted by atomic mass is 10.2. The van der Waals surface area contributed by atoms with E-state index in [0.717, 1.165) is 21.8 Å². The van der Waals surface area contributed by atoms with Crippen molar-refractivity contribution in [1.82, 2.24) is 9.66 Å². The van der Waals surface area contributed by atoms with Crippen LogP contribution in [-0.2, 0) is 6.54 Å². The van der Waals surface area contributed by atoms with Gasteiger partial charge in [0.15, 0.2) is 0 Å². The smallest absolute Gasteiger partial charge is 0.206 e. The van der Waals surface area contributed by atoms with Gasteiger partial charge in [0.1, 0.15) is 0 Å². The van der Waals surface area contributed by atoms with Gasteiger partial charge in [0.25, 0.3) is 0 Å². The maximum Gasteiger partial charge on any atom is 0.206 e. The van der Waals surface area contributed by atoms with Crippen molar-refractivity contribution in [2.75, 3.05) is 0 Å². The largest absolute Gasteiger partial charge is 0.255 e. The molecule has 0 N–H and O–H groups in total. The fourth-order valence-electron chi connectivity index (χ4n) is 2.64. The first-order chi connectivity index (χ1) is 13.4. The summed E-state index contributed by atoms with van der Waals surface area (Å²) in [5.74, 6) is 0. The van der Waals surface area contributed by atoms with Crippen LogP contribution in [0, 0.1) is 0 Å². The van der Waals surface area contributed by atoms with Crippen LogP contribution in [0.4, 0.5) is 0 Å². The second-order valence-electron chi connectivity index (χ2n) is 5.88. The van der Waals surface area contributed by atoms with Gasteiger partial charge in [-0.05, 0) is 17.7 Å². The molecule has 0 radical (unpaired) electrons. The molecule has 0 saturated heterocycles. The number of pyridine rings is 1. The minimum Gasteiger partial charge on any atom is -0.255 e. The summed E-state index contributed by atoms with van der Waals surface area (Å²) < 4.78 is 1.89. The lowest BCUT2D eigenvalue weighted by molar-refractivity contribution is 0.823. The van der Waals surface area contributed by atoms with E-state index in [2.05, 4.69) is 39.7 Å². The van der Waals surface area contributed by atoms with E-state index in [4.69, 9.17) is 4.99 Å². The second-order valence-corrected chi connectivity index (χ2v) is 6.72. The molecule has 27 heavy (non-hydrogen) atoms. The summed E-state index contributed by atoms with van der Waals surface area (Å²) in [7, 11) is 0. The van der Waals surface area contributed by atoms with Gasteiger partial charge in [0, 0.05) is 17.1 Å². The van der Waals surface area contributed by atoms with Gasteiger partial charge < -0.3 is 0 Å². The molecule has 0 fully saturated rings. The number of hydrogen-bond acceptors (Lipinski definition) is 4. The summed E-state index contributed by atoms with van der Waals surface area (Å²) in [6.07, 6.45) is 3.53. The molecule has 4 rings (SSSR count). The van der Waals surface area contributed by atoms with E-state index in [9.17, 15) is 0 Å². The van der Waals surface area contributed by atoms with Crippen molar-refractivity contribution in [2.24, 2.45) is 10.1 Å². The molecule has 2 heterocycles. The number of benzene rings is 2. The molecule has 2 aromatic carbocycles. The van der Waals surface area contributed by atoms with Gasteiger partial charge >= 0.3 is 0 Å². The maximum absolute atomic E-state index is 4.78. The molecule has 4 aromatic rings. The van der Waals surface area contributed by atoms with Gasteiger partial charge in [-0.15, -0.1) is 11.3 Å². The van der Waals surface area contributed by atoms with Crippen LogP contribution in [0.25, 0.3) is 11.3 Å². The Balaban J connectivity index is 1.75. The number of thiazole rings is 1. The first-order valence-corrected chi connectivity index (χ1v) is 9.54. The Morgan fingerprint density at radius 2 is 1.63 bits per heavy atom. The molecule has 0 bridgehead atoms. The number of aromatic nitrogens is 2. The Hall–Kier alpha value is -3.31. The highest BCUT2D eigenvalue weighted by atomic mass is 32.1. The van der Waals surface area contributed by atoms with Crippen LogP contribution >= 0.6 is 11.3 Å². The highest BCUT2D eigenvalue weighted by molar-refractivity contribution is 7.07. The molecule has 0 atom stereocenters. The molecule has 132 valence electrons. The second kappa shape index (κ2) is 8.38. The van der Waals surface area contributed by atoms with Crippen LogP contribution < -0.4 is 4.80 Å². The fourth-order valence-corrected chi connectivity index (χ4v) is 3.48. The lowest BCUT2D eigenvalue weighted by Crippen LogP contribution is -2.12. The standard InChI is InChI=1S/C22H18N4S/c1-3-9-18(10-4-1)15-24-22-26(25-16-20-13-7-8-14-23-20)21(17-27-22)19-11-5-2-6-12-19/h1-14,16-17H,15H2. The Morgan fingerprint density at radius 1 is 0.889 bits per heavy atom. The van der Waals surface area contributed by atoms with Gasteiger partial charge in [-0.2, -0.15) is 5.10 Å². The van der Waals surface area contributed by atoms with Gasteiger partial charge in [-0.1, -0.05) is 66.7 Å². The highest BCUT2D eigenvalue weighted by Gasteiger charge is 2.07. The van der Waals surface area contributed by atoms with E-state index in [1.54, 1.807) is 23.7 Å². The third kappa shape index (κ3) is 4.27. The monoisotopic (exact) mass is 370 g/mol. The van der Waals surface area contributed by atoms with Gasteiger partial charge in [0.05, 0.1) is 24.1 Å². The van der Waals surface area contributed by atoms with Crippen LogP contribution in [-0.4, -0.2) is 15.9 Å². The summed E-state index contributed by atoms with van der Waals surface area (Å²) in [5.41, 5.74) is 4.10. The van der Waals surface area contributed by atoms with Crippen LogP contribution in [0.15, 0.2) is 101 Å². The maximum atomic E-state index is 4.78. The van der Waals surface area contributed by atoms with E-state index in [-0.39, 0.29) is 0 Å². The third-order valence-corrected chi connectivity index (χ3v) is 4.84. The van der Waals surface area contributed by atoms with Crippen LogP contribution in [0.2, 0.25) is 0 Å². The molecule has 4 nitrogen and oxygen atoms in total. The third-order valence-electron chi connectivity index (χ3n) is 3.99. The van der Waals surface area contributed by atoms with Gasteiger partial charge in [-0.3, -0.25) is 9.98 Å². The van der Waals surface area contributed by atoms with Gasteiger partial charge in [-0.25, -0.2) is 4.68 Å². The van der Waals surface area contributed by atoms with Crippen LogP contribution in [0.5, 0.6) is 0 Å². The molecule has 0 spiro atoms. The molecule has 0 amide bonds. The molecule has 0 unspecified atom stereocenters. The number of rotatable bonds is 5. The molecule has 0 aliphatic rings. The Bertz CT molecular complexity index is 1080. The van der Waals surface area contributed by atoms with Crippen molar-refractivity contribution in [3.63, 3.8) is 0 Å². The Labute approximate surface area is 161 Å². The predicted molar refractivity (Wildman–Crippen MR) is 111 cm³/mol. The van der Waals surface area contributed by atoms with Crippen molar-refractivity contribution < 1.29 is 0 Å². The molecule has 0 aliphatic heterocycles. The number of hydrogen-bond donors (Lipinski definition) is 0. The van der Waals surface area contributed by atoms with E-state index in [1.165, 1.54) is 5.56 Å². The van der Waals surface area contributed by atoms with Gasteiger partial charge in [0.2, 0.25) is 4.80 Å². The fraction of sp³-hybridized carbons (Fsp3) is 0.0455. The molecule has 2 aromatic heterocycles. The first-order valence-electron chi connectivity index (χ1n) is 8.66. The average molecular weight is 370 g/mol. The van der Waals surface area contributed by atoms with Crippen molar-refractivity contribution in [3.8, 4) is 11.3 Å². The van der Waals surface area contributed by atoms with Crippen molar-refractivity contribution in [2.45, 2.75) is 6.54 Å². The first kappa shape index (κ1) is 17.1. The van der Waals surface area contributed by atoms with E-state index >= 15 is 0 Å². The SMILES string of the molecule is C(=Nn1c(-c2ccccc2)csc1=NCc1ccccc1)c1ccccn1. The summed E-state index contributed by atoms with van der Waals surface area (Å²) in [6.45, 7) is 0.620.